The molecule has 0 saturated heterocycles. The second-order valence-electron chi connectivity index (χ2n) is 31.2. The molecule has 2 heterocycles. The van der Waals surface area contributed by atoms with Crippen molar-refractivity contribution in [3.05, 3.63) is 221 Å². The number of rotatable bonds is 4. The van der Waals surface area contributed by atoms with Crippen molar-refractivity contribution in [1.29, 1.82) is 0 Å². The molecular weight excluding hydrogens is 1020 g/mol. The average Bonchev–Trinajstić information content (AvgIpc) is 0.750. The molecule has 3 heteroatoms. The van der Waals surface area contributed by atoms with Crippen molar-refractivity contribution in [3.63, 3.8) is 0 Å². The average molecular weight is 1110 g/mol. The molecule has 0 radical (unpaired) electrons. The molecule has 0 aromatic heterocycles. The number of fused-ring (bicyclic) bond motifs is 10. The van der Waals surface area contributed by atoms with Crippen LogP contribution in [0, 0.1) is 0 Å². The summed E-state index contributed by atoms with van der Waals surface area (Å²) in [6.07, 6.45) is 0. The summed E-state index contributed by atoms with van der Waals surface area (Å²) in [5, 5.41) is 10.1. The summed E-state index contributed by atoms with van der Waals surface area (Å²) >= 11 is 0. The third-order valence-electron chi connectivity index (χ3n) is 18.8. The lowest BCUT2D eigenvalue weighted by Gasteiger charge is -2.45. The van der Waals surface area contributed by atoms with Crippen molar-refractivity contribution in [2.45, 2.75) is 157 Å². The summed E-state index contributed by atoms with van der Waals surface area (Å²) in [4.78, 5) is 5.44. The van der Waals surface area contributed by atoms with Crippen molar-refractivity contribution >= 4 is 100 Å². The normalized spacial score (nSPS) is 13.9. The van der Waals surface area contributed by atoms with Gasteiger partial charge in [-0.3, -0.25) is 0 Å². The highest BCUT2D eigenvalue weighted by Crippen LogP contribution is 2.52. The van der Waals surface area contributed by atoms with Crippen LogP contribution in [-0.2, 0) is 32.5 Å². The van der Waals surface area contributed by atoms with Gasteiger partial charge in [0.15, 0.2) is 0 Å². The zero-order valence-corrected chi connectivity index (χ0v) is 53.9. The molecule has 11 aromatic carbocycles. The largest absolute Gasteiger partial charge is 0.311 e. The van der Waals surface area contributed by atoms with E-state index in [-0.39, 0.29) is 39.2 Å². The van der Waals surface area contributed by atoms with Crippen molar-refractivity contribution in [2.75, 3.05) is 9.80 Å². The Hall–Kier alpha value is -7.88. The maximum atomic E-state index is 2.72. The van der Waals surface area contributed by atoms with E-state index >= 15 is 0 Å². The number of anilines is 6. The standard InChI is InChI=1S/C82H85BN2/c1-77(2,3)57-42-58(78(4,5)6)45-61(44-57)84-71-48-65-53(34-32-51-28-22-24-30-63(51)65)38-69(71)83-70-39-54-35-33-52-29-23-25-31-64(52)66(54)49-72(70)85(62-46-59(79(7,8)9)43-60(47-62)80(10,11)12)74-41-56(40-73(84)76(74)83)75-67(81(13,14)15)36-55(37-68(75)82(16,17)18)50-26-20-19-21-27-50/h19-49H,1-18H3. The maximum Gasteiger partial charge on any atom is 0.252 e. The van der Waals surface area contributed by atoms with Gasteiger partial charge >= 0.3 is 0 Å². The van der Waals surface area contributed by atoms with E-state index in [0.29, 0.717) is 0 Å². The van der Waals surface area contributed by atoms with Crippen LogP contribution in [0.4, 0.5) is 34.1 Å². The van der Waals surface area contributed by atoms with Gasteiger partial charge in [0, 0.05) is 34.1 Å². The monoisotopic (exact) mass is 1110 g/mol. The Morgan fingerprint density at radius 2 is 0.635 bits per heavy atom. The Morgan fingerprint density at radius 1 is 0.271 bits per heavy atom. The summed E-state index contributed by atoms with van der Waals surface area (Å²) in [5.41, 5.74) is 23.4. The van der Waals surface area contributed by atoms with Crippen LogP contribution in [0.5, 0.6) is 0 Å². The summed E-state index contributed by atoms with van der Waals surface area (Å²) in [6.45, 7) is 42.9. The second kappa shape index (κ2) is 19.3. The van der Waals surface area contributed by atoms with E-state index in [0.717, 1.165) is 0 Å². The molecule has 0 spiro atoms. The first kappa shape index (κ1) is 56.3. The molecule has 2 aliphatic rings. The van der Waals surface area contributed by atoms with E-state index in [1.165, 1.54) is 149 Å². The van der Waals surface area contributed by atoms with E-state index in [1.54, 1.807) is 0 Å². The fraction of sp³-hybridized carbons (Fsp3) is 0.293. The van der Waals surface area contributed by atoms with Gasteiger partial charge in [-0.05, 0) is 208 Å². The van der Waals surface area contributed by atoms with E-state index in [9.17, 15) is 0 Å². The molecule has 0 amide bonds. The lowest BCUT2D eigenvalue weighted by molar-refractivity contribution is 0.568. The van der Waals surface area contributed by atoms with Gasteiger partial charge < -0.3 is 9.80 Å². The smallest absolute Gasteiger partial charge is 0.252 e. The molecule has 2 nitrogen and oxygen atoms in total. The molecule has 426 valence electrons. The van der Waals surface area contributed by atoms with Gasteiger partial charge in [0.2, 0.25) is 0 Å². The van der Waals surface area contributed by atoms with E-state index in [1.807, 2.05) is 0 Å². The third-order valence-corrected chi connectivity index (χ3v) is 18.8. The first-order valence-electron chi connectivity index (χ1n) is 31.2. The first-order chi connectivity index (χ1) is 39.9. The van der Waals surface area contributed by atoms with Crippen LogP contribution in [0.2, 0.25) is 0 Å². The van der Waals surface area contributed by atoms with Crippen molar-refractivity contribution in [3.8, 4) is 22.3 Å². The van der Waals surface area contributed by atoms with Crippen LogP contribution >= 0.6 is 0 Å². The van der Waals surface area contributed by atoms with Crippen LogP contribution in [0.15, 0.2) is 188 Å². The lowest BCUT2D eigenvalue weighted by atomic mass is 9.33. The van der Waals surface area contributed by atoms with Gasteiger partial charge in [-0.1, -0.05) is 252 Å². The minimum Gasteiger partial charge on any atom is -0.311 e. The molecule has 0 unspecified atom stereocenters. The topological polar surface area (TPSA) is 6.48 Å². The van der Waals surface area contributed by atoms with Gasteiger partial charge in [-0.15, -0.1) is 0 Å². The molecule has 11 aromatic rings. The number of nitrogens with zero attached hydrogens (tertiary/aromatic N) is 2. The Kier molecular flexibility index (Phi) is 12.8. The Morgan fingerprint density at radius 3 is 1.01 bits per heavy atom. The van der Waals surface area contributed by atoms with Crippen LogP contribution in [0.1, 0.15) is 158 Å². The predicted octanol–water partition coefficient (Wildman–Crippen LogP) is 21.5. The first-order valence-corrected chi connectivity index (χ1v) is 31.2. The minimum atomic E-state index is -0.223. The second-order valence-corrected chi connectivity index (χ2v) is 31.2. The number of benzene rings is 11. The van der Waals surface area contributed by atoms with Gasteiger partial charge in [0.1, 0.15) is 0 Å². The van der Waals surface area contributed by atoms with Crippen LogP contribution < -0.4 is 26.2 Å². The Balaban J connectivity index is 1.27. The van der Waals surface area contributed by atoms with Gasteiger partial charge in [-0.2, -0.15) is 0 Å². The highest BCUT2D eigenvalue weighted by atomic mass is 15.2. The molecule has 0 fully saturated rings. The molecule has 0 aliphatic carbocycles. The number of hydrogen-bond donors (Lipinski definition) is 0. The SMILES string of the molecule is CC(C)(C)c1cc(N2c3cc4c(ccc5ccccc54)cc3B3c4cc5ccc6ccccc6c5cc4N(c4cc(C(C)(C)C)cc(C(C)(C)C)c4)c4cc(-c5c(C(C)(C)C)cc(-c6ccccc6)cc5C(C)(C)C)cc2c43)cc(C(C)(C)C)c1. The fourth-order valence-corrected chi connectivity index (χ4v) is 13.8. The molecule has 0 saturated carbocycles. The van der Waals surface area contributed by atoms with Crippen molar-refractivity contribution in [1.82, 2.24) is 0 Å². The highest BCUT2D eigenvalue weighted by molar-refractivity contribution is 7.00. The number of hydrogen-bond acceptors (Lipinski definition) is 2. The summed E-state index contributed by atoms with van der Waals surface area (Å²) in [7, 11) is 0. The van der Waals surface area contributed by atoms with Crippen molar-refractivity contribution in [2.24, 2.45) is 0 Å². The van der Waals surface area contributed by atoms with Crippen LogP contribution in [0.25, 0.3) is 65.3 Å². The van der Waals surface area contributed by atoms with Crippen LogP contribution in [-0.4, -0.2) is 6.71 Å². The zero-order valence-electron chi connectivity index (χ0n) is 53.9. The molecule has 0 atom stereocenters. The molecule has 2 aliphatic heterocycles. The van der Waals surface area contributed by atoms with E-state index in [4.69, 9.17) is 0 Å². The summed E-state index contributed by atoms with van der Waals surface area (Å²) < 4.78 is 0. The van der Waals surface area contributed by atoms with Crippen LogP contribution in [0.3, 0.4) is 0 Å². The Bertz CT molecular complexity index is 4210. The van der Waals surface area contributed by atoms with Gasteiger partial charge in [0.25, 0.3) is 6.71 Å². The fourth-order valence-electron chi connectivity index (χ4n) is 13.8. The molecule has 85 heavy (non-hydrogen) atoms. The summed E-state index contributed by atoms with van der Waals surface area (Å²) in [6, 6.07) is 74.0. The van der Waals surface area contributed by atoms with E-state index < -0.39 is 0 Å². The van der Waals surface area contributed by atoms with Crippen molar-refractivity contribution < 1.29 is 0 Å². The zero-order chi connectivity index (χ0) is 60.2. The molecular formula is C82H85BN2. The lowest BCUT2D eigenvalue weighted by Crippen LogP contribution is -2.61. The van der Waals surface area contributed by atoms with Gasteiger partial charge in [-0.25, -0.2) is 0 Å². The van der Waals surface area contributed by atoms with Gasteiger partial charge in [0.05, 0.1) is 0 Å². The predicted molar refractivity (Wildman–Crippen MR) is 374 cm³/mol. The quantitative estimate of drug-likeness (QED) is 0.128. The molecule has 0 bridgehead atoms. The molecule has 0 N–H and O–H groups in total. The van der Waals surface area contributed by atoms with E-state index in [2.05, 4.69) is 322 Å². The third kappa shape index (κ3) is 9.66. The maximum absolute atomic E-state index is 2.72. The Labute approximate surface area is 508 Å². The minimum absolute atomic E-state index is 0.117. The molecule has 13 rings (SSSR count). The summed E-state index contributed by atoms with van der Waals surface area (Å²) in [5.74, 6) is 0. The highest BCUT2D eigenvalue weighted by Gasteiger charge is 2.46.